The molecule has 26 heavy (non-hydrogen) atoms. The van der Waals surface area contributed by atoms with Crippen LogP contribution in [-0.2, 0) is 4.74 Å². The van der Waals surface area contributed by atoms with E-state index in [4.69, 9.17) is 14.2 Å². The molecule has 1 aliphatic heterocycles. The van der Waals surface area contributed by atoms with Crippen LogP contribution in [0.1, 0.15) is 30.1 Å². The lowest BCUT2D eigenvalue weighted by molar-refractivity contribution is 0.0501. The Hall–Kier alpha value is -3.22. The molecular weight excluding hydrogens is 336 g/mol. The maximum atomic E-state index is 12.3. The molecule has 0 unspecified atom stereocenters. The number of carbonyl (C=O) groups is 2. The number of fused-ring (bicyclic) bond motifs is 1. The summed E-state index contributed by atoms with van der Waals surface area (Å²) in [5.74, 6) is 0.747. The van der Waals surface area contributed by atoms with Crippen molar-refractivity contribution in [1.82, 2.24) is 0 Å². The second-order valence-corrected chi connectivity index (χ2v) is 5.68. The van der Waals surface area contributed by atoms with Crippen LogP contribution in [0.4, 0.5) is 16.2 Å². The summed E-state index contributed by atoms with van der Waals surface area (Å²) in [5.41, 5.74) is 1.24. The lowest BCUT2D eigenvalue weighted by atomic mass is 10.2. The summed E-state index contributed by atoms with van der Waals surface area (Å²) in [6.45, 7) is 2.54. The van der Waals surface area contributed by atoms with Gasteiger partial charge >= 0.3 is 12.0 Å². The number of unbranched alkanes of at least 4 members (excludes halogenated alkanes) is 1. The lowest BCUT2D eigenvalue weighted by Crippen LogP contribution is -2.21. The molecule has 2 aromatic carbocycles. The highest BCUT2D eigenvalue weighted by atomic mass is 16.7. The van der Waals surface area contributed by atoms with Crippen LogP contribution < -0.4 is 20.1 Å². The van der Waals surface area contributed by atoms with E-state index in [1.807, 2.05) is 6.92 Å². The topological polar surface area (TPSA) is 85.9 Å². The number of para-hydroxylation sites is 1. The van der Waals surface area contributed by atoms with Crippen molar-refractivity contribution in [3.8, 4) is 11.5 Å². The van der Waals surface area contributed by atoms with E-state index >= 15 is 0 Å². The van der Waals surface area contributed by atoms with Gasteiger partial charge in [0.1, 0.15) is 0 Å². The van der Waals surface area contributed by atoms with E-state index < -0.39 is 12.0 Å². The highest BCUT2D eigenvalue weighted by molar-refractivity contribution is 6.05. The van der Waals surface area contributed by atoms with Gasteiger partial charge in [0.2, 0.25) is 6.79 Å². The predicted molar refractivity (Wildman–Crippen MR) is 96.8 cm³/mol. The molecule has 3 rings (SSSR count). The standard InChI is InChI=1S/C19H20N2O5/c1-2-3-10-24-18(22)14-6-4-5-7-15(14)21-19(23)20-13-8-9-16-17(11-13)26-12-25-16/h4-9,11H,2-3,10,12H2,1H3,(H2,20,21,23). The lowest BCUT2D eigenvalue weighted by Gasteiger charge is -2.12. The molecule has 0 aromatic heterocycles. The third kappa shape index (κ3) is 4.24. The monoisotopic (exact) mass is 356 g/mol. The molecule has 1 aliphatic rings. The zero-order chi connectivity index (χ0) is 18.4. The second-order valence-electron chi connectivity index (χ2n) is 5.68. The van der Waals surface area contributed by atoms with Gasteiger partial charge in [0.15, 0.2) is 11.5 Å². The molecule has 2 aromatic rings. The molecule has 7 nitrogen and oxygen atoms in total. The molecule has 1 heterocycles. The number of rotatable bonds is 6. The Morgan fingerprint density at radius 2 is 1.88 bits per heavy atom. The van der Waals surface area contributed by atoms with Crippen LogP contribution in [-0.4, -0.2) is 25.4 Å². The van der Waals surface area contributed by atoms with Crippen LogP contribution in [0, 0.1) is 0 Å². The number of esters is 1. The van der Waals surface area contributed by atoms with Crippen LogP contribution in [0.3, 0.4) is 0 Å². The number of carbonyl (C=O) groups excluding carboxylic acids is 2. The first kappa shape index (κ1) is 17.6. The van der Waals surface area contributed by atoms with Crippen molar-refractivity contribution in [1.29, 1.82) is 0 Å². The third-order valence-corrected chi connectivity index (χ3v) is 3.76. The molecule has 136 valence electrons. The molecular formula is C19H20N2O5. The first-order chi connectivity index (χ1) is 12.7. The Kier molecular flexibility index (Phi) is 5.58. The number of urea groups is 1. The average molecular weight is 356 g/mol. The van der Waals surface area contributed by atoms with Crippen LogP contribution in [0.2, 0.25) is 0 Å². The Balaban J connectivity index is 1.65. The van der Waals surface area contributed by atoms with Crippen molar-refractivity contribution in [3.05, 3.63) is 48.0 Å². The van der Waals surface area contributed by atoms with Crippen molar-refractivity contribution < 1.29 is 23.8 Å². The van der Waals surface area contributed by atoms with Gasteiger partial charge in [0.05, 0.1) is 17.9 Å². The van der Waals surface area contributed by atoms with Crippen LogP contribution in [0.15, 0.2) is 42.5 Å². The molecule has 0 atom stereocenters. The van der Waals surface area contributed by atoms with Crippen molar-refractivity contribution in [2.75, 3.05) is 24.0 Å². The summed E-state index contributed by atoms with van der Waals surface area (Å²) in [6.07, 6.45) is 1.73. The summed E-state index contributed by atoms with van der Waals surface area (Å²) in [7, 11) is 0. The number of ether oxygens (including phenoxy) is 3. The van der Waals surface area contributed by atoms with E-state index in [-0.39, 0.29) is 6.79 Å². The molecule has 2 amide bonds. The Morgan fingerprint density at radius 1 is 1.08 bits per heavy atom. The fourth-order valence-corrected chi connectivity index (χ4v) is 2.42. The molecule has 0 radical (unpaired) electrons. The third-order valence-electron chi connectivity index (χ3n) is 3.76. The molecule has 0 spiro atoms. The Bertz CT molecular complexity index is 806. The quantitative estimate of drug-likeness (QED) is 0.603. The smallest absolute Gasteiger partial charge is 0.340 e. The van der Waals surface area contributed by atoms with E-state index in [0.29, 0.717) is 35.0 Å². The fourth-order valence-electron chi connectivity index (χ4n) is 2.42. The molecule has 0 saturated carbocycles. The first-order valence-corrected chi connectivity index (χ1v) is 8.41. The summed E-state index contributed by atoms with van der Waals surface area (Å²) in [6, 6.07) is 11.3. The summed E-state index contributed by atoms with van der Waals surface area (Å²) < 4.78 is 15.7. The number of hydrogen-bond donors (Lipinski definition) is 2. The van der Waals surface area contributed by atoms with Crippen LogP contribution in [0.25, 0.3) is 0 Å². The van der Waals surface area contributed by atoms with E-state index in [0.717, 1.165) is 12.8 Å². The first-order valence-electron chi connectivity index (χ1n) is 8.41. The van der Waals surface area contributed by atoms with Crippen LogP contribution in [0.5, 0.6) is 11.5 Å². The second kappa shape index (κ2) is 8.24. The largest absolute Gasteiger partial charge is 0.462 e. The van der Waals surface area contributed by atoms with Crippen molar-refractivity contribution in [2.24, 2.45) is 0 Å². The molecule has 0 saturated heterocycles. The van der Waals surface area contributed by atoms with Crippen molar-refractivity contribution in [2.45, 2.75) is 19.8 Å². The minimum Gasteiger partial charge on any atom is -0.462 e. The average Bonchev–Trinajstić information content (AvgIpc) is 3.10. The Morgan fingerprint density at radius 3 is 2.73 bits per heavy atom. The van der Waals surface area contributed by atoms with E-state index in [1.165, 1.54) is 0 Å². The van der Waals surface area contributed by atoms with Gasteiger partial charge < -0.3 is 24.8 Å². The van der Waals surface area contributed by atoms with Gasteiger partial charge in [-0.1, -0.05) is 25.5 Å². The van der Waals surface area contributed by atoms with Gasteiger partial charge in [0.25, 0.3) is 0 Å². The molecule has 0 bridgehead atoms. The number of amides is 2. The summed E-state index contributed by atoms with van der Waals surface area (Å²) in [5, 5.41) is 5.38. The van der Waals surface area contributed by atoms with Crippen molar-refractivity contribution >= 4 is 23.4 Å². The van der Waals surface area contributed by atoms with E-state index in [9.17, 15) is 9.59 Å². The summed E-state index contributed by atoms with van der Waals surface area (Å²) in [4.78, 5) is 24.5. The van der Waals surface area contributed by atoms with E-state index in [2.05, 4.69) is 10.6 Å². The molecule has 0 fully saturated rings. The Labute approximate surface area is 151 Å². The van der Waals surface area contributed by atoms with Crippen LogP contribution >= 0.6 is 0 Å². The van der Waals surface area contributed by atoms with Crippen molar-refractivity contribution in [3.63, 3.8) is 0 Å². The van der Waals surface area contributed by atoms with Gasteiger partial charge in [-0.15, -0.1) is 0 Å². The van der Waals surface area contributed by atoms with Gasteiger partial charge in [0, 0.05) is 11.8 Å². The molecule has 7 heteroatoms. The fraction of sp³-hybridized carbons (Fsp3) is 0.263. The van der Waals surface area contributed by atoms with Gasteiger partial charge in [-0.2, -0.15) is 0 Å². The normalized spacial score (nSPS) is 11.7. The highest BCUT2D eigenvalue weighted by Gasteiger charge is 2.16. The minimum absolute atomic E-state index is 0.165. The summed E-state index contributed by atoms with van der Waals surface area (Å²) >= 11 is 0. The van der Waals surface area contributed by atoms with Gasteiger partial charge in [-0.3, -0.25) is 0 Å². The number of nitrogens with one attached hydrogen (secondary N) is 2. The SMILES string of the molecule is CCCCOC(=O)c1ccccc1NC(=O)Nc1ccc2c(c1)OCO2. The number of anilines is 2. The van der Waals surface area contributed by atoms with E-state index in [1.54, 1.807) is 42.5 Å². The maximum absolute atomic E-state index is 12.3. The molecule has 2 N–H and O–H groups in total. The van der Waals surface area contributed by atoms with Gasteiger partial charge in [-0.25, -0.2) is 9.59 Å². The number of benzene rings is 2. The zero-order valence-corrected chi connectivity index (χ0v) is 14.4. The zero-order valence-electron chi connectivity index (χ0n) is 14.4. The molecule has 0 aliphatic carbocycles. The van der Waals surface area contributed by atoms with Gasteiger partial charge in [-0.05, 0) is 30.7 Å². The predicted octanol–water partition coefficient (Wildman–Crippen LogP) is 4.02. The maximum Gasteiger partial charge on any atom is 0.340 e. The highest BCUT2D eigenvalue weighted by Crippen LogP contribution is 2.34. The number of hydrogen-bond acceptors (Lipinski definition) is 5. The minimum atomic E-state index is -0.474.